The van der Waals surface area contributed by atoms with E-state index in [4.69, 9.17) is 5.26 Å². The normalized spacial score (nSPS) is 9.09. The lowest BCUT2D eigenvalue weighted by atomic mass is 10.1. The Hall–Kier alpha value is -0.560. The van der Waals surface area contributed by atoms with E-state index >= 15 is 0 Å². The Kier molecular flexibility index (Phi) is 3.37. The SMILES string of the molecule is N#CCc1cccc(CI)c1. The first-order valence-corrected chi connectivity index (χ1v) is 4.90. The van der Waals surface area contributed by atoms with Gasteiger partial charge in [0.2, 0.25) is 0 Å². The average Bonchev–Trinajstić information content (AvgIpc) is 2.06. The van der Waals surface area contributed by atoms with Crippen molar-refractivity contribution in [3.8, 4) is 6.07 Å². The number of nitrogens with zero attached hydrogens (tertiary/aromatic N) is 1. The maximum Gasteiger partial charge on any atom is 0.0669 e. The predicted molar refractivity (Wildman–Crippen MR) is 53.5 cm³/mol. The molecular formula is C9H8IN. The molecule has 0 N–H and O–H groups in total. The van der Waals surface area contributed by atoms with Crippen molar-refractivity contribution in [1.29, 1.82) is 5.26 Å². The molecule has 0 atom stereocenters. The molecule has 0 radical (unpaired) electrons. The molecule has 1 aromatic carbocycles. The van der Waals surface area contributed by atoms with Crippen LogP contribution >= 0.6 is 22.6 Å². The Labute approximate surface area is 80.2 Å². The Morgan fingerprint density at radius 3 is 2.73 bits per heavy atom. The van der Waals surface area contributed by atoms with Crippen molar-refractivity contribution in [1.82, 2.24) is 0 Å². The van der Waals surface area contributed by atoms with Crippen LogP contribution in [0.4, 0.5) is 0 Å². The molecule has 0 fully saturated rings. The molecule has 0 amide bonds. The number of halogens is 1. The summed E-state index contributed by atoms with van der Waals surface area (Å²) >= 11 is 2.32. The second-order valence-electron chi connectivity index (χ2n) is 2.29. The molecule has 0 aliphatic carbocycles. The van der Waals surface area contributed by atoms with Crippen LogP contribution in [-0.2, 0) is 10.8 Å². The summed E-state index contributed by atoms with van der Waals surface area (Å²) in [5, 5.41) is 8.43. The quantitative estimate of drug-likeness (QED) is 0.590. The van der Waals surface area contributed by atoms with Crippen LogP contribution in [-0.4, -0.2) is 0 Å². The van der Waals surface area contributed by atoms with Crippen LogP contribution in [0.5, 0.6) is 0 Å². The lowest BCUT2D eigenvalue weighted by Crippen LogP contribution is -1.83. The van der Waals surface area contributed by atoms with E-state index in [1.807, 2.05) is 12.1 Å². The largest absolute Gasteiger partial charge is 0.198 e. The van der Waals surface area contributed by atoms with Gasteiger partial charge in [-0.25, -0.2) is 0 Å². The second-order valence-corrected chi connectivity index (χ2v) is 3.05. The molecule has 2 heteroatoms. The Morgan fingerprint density at radius 1 is 1.36 bits per heavy atom. The van der Waals surface area contributed by atoms with E-state index in [-0.39, 0.29) is 0 Å². The Balaban J connectivity index is 2.84. The molecule has 0 bridgehead atoms. The molecule has 0 aliphatic heterocycles. The minimum absolute atomic E-state index is 0.518. The molecule has 0 saturated carbocycles. The molecule has 1 rings (SSSR count). The van der Waals surface area contributed by atoms with E-state index in [9.17, 15) is 0 Å². The van der Waals surface area contributed by atoms with Gasteiger partial charge in [-0.15, -0.1) is 0 Å². The zero-order valence-electron chi connectivity index (χ0n) is 6.05. The van der Waals surface area contributed by atoms with Crippen molar-refractivity contribution < 1.29 is 0 Å². The van der Waals surface area contributed by atoms with Gasteiger partial charge < -0.3 is 0 Å². The van der Waals surface area contributed by atoms with Crippen LogP contribution in [0.25, 0.3) is 0 Å². The highest BCUT2D eigenvalue weighted by molar-refractivity contribution is 14.1. The van der Waals surface area contributed by atoms with Gasteiger partial charge in [-0.05, 0) is 11.1 Å². The molecule has 56 valence electrons. The van der Waals surface area contributed by atoms with Crippen molar-refractivity contribution in [2.75, 3.05) is 0 Å². The number of benzene rings is 1. The van der Waals surface area contributed by atoms with Crippen LogP contribution < -0.4 is 0 Å². The van der Waals surface area contributed by atoms with E-state index in [1.54, 1.807) is 0 Å². The van der Waals surface area contributed by atoms with Gasteiger partial charge in [0.25, 0.3) is 0 Å². The minimum Gasteiger partial charge on any atom is -0.198 e. The number of nitriles is 1. The van der Waals surface area contributed by atoms with Gasteiger partial charge in [-0.3, -0.25) is 0 Å². The molecular weight excluding hydrogens is 249 g/mol. The molecule has 0 spiro atoms. The smallest absolute Gasteiger partial charge is 0.0669 e. The van der Waals surface area contributed by atoms with Crippen LogP contribution in [0.15, 0.2) is 24.3 Å². The van der Waals surface area contributed by atoms with E-state index < -0.39 is 0 Å². The minimum atomic E-state index is 0.518. The van der Waals surface area contributed by atoms with Crippen LogP contribution in [0.3, 0.4) is 0 Å². The maximum absolute atomic E-state index is 8.43. The van der Waals surface area contributed by atoms with Crippen LogP contribution in [0.1, 0.15) is 11.1 Å². The Bertz CT molecular complexity index is 275. The third-order valence-corrected chi connectivity index (χ3v) is 2.31. The van der Waals surface area contributed by atoms with E-state index in [2.05, 4.69) is 40.8 Å². The molecule has 0 aromatic heterocycles. The van der Waals surface area contributed by atoms with Crippen molar-refractivity contribution in [3.05, 3.63) is 35.4 Å². The Morgan fingerprint density at radius 2 is 2.09 bits per heavy atom. The summed E-state index contributed by atoms with van der Waals surface area (Å²) in [4.78, 5) is 0. The van der Waals surface area contributed by atoms with Gasteiger partial charge in [0.15, 0.2) is 0 Å². The highest BCUT2D eigenvalue weighted by Crippen LogP contribution is 2.08. The lowest BCUT2D eigenvalue weighted by molar-refractivity contribution is 1.24. The van der Waals surface area contributed by atoms with Crippen molar-refractivity contribution >= 4 is 22.6 Å². The molecule has 1 aromatic rings. The fourth-order valence-corrected chi connectivity index (χ4v) is 1.39. The van der Waals surface area contributed by atoms with Crippen LogP contribution in [0, 0.1) is 11.3 Å². The topological polar surface area (TPSA) is 23.8 Å². The first-order valence-electron chi connectivity index (χ1n) is 3.37. The van der Waals surface area contributed by atoms with Gasteiger partial charge in [-0.1, -0.05) is 46.9 Å². The average molecular weight is 257 g/mol. The van der Waals surface area contributed by atoms with E-state index in [0.717, 1.165) is 9.99 Å². The lowest BCUT2D eigenvalue weighted by Gasteiger charge is -1.96. The molecule has 11 heavy (non-hydrogen) atoms. The van der Waals surface area contributed by atoms with Gasteiger partial charge in [0, 0.05) is 4.43 Å². The fraction of sp³-hybridized carbons (Fsp3) is 0.222. The van der Waals surface area contributed by atoms with Crippen LogP contribution in [0.2, 0.25) is 0 Å². The van der Waals surface area contributed by atoms with Crippen molar-refractivity contribution in [2.24, 2.45) is 0 Å². The predicted octanol–water partition coefficient (Wildman–Crippen LogP) is 2.69. The summed E-state index contributed by atoms with van der Waals surface area (Å²) in [6.07, 6.45) is 0.518. The highest BCUT2D eigenvalue weighted by Gasteiger charge is 1.92. The maximum atomic E-state index is 8.43. The summed E-state index contributed by atoms with van der Waals surface area (Å²) < 4.78 is 1.01. The monoisotopic (exact) mass is 257 g/mol. The molecule has 0 unspecified atom stereocenters. The third kappa shape index (κ3) is 2.51. The summed E-state index contributed by atoms with van der Waals surface area (Å²) in [6, 6.07) is 10.3. The zero-order chi connectivity index (χ0) is 8.10. The molecule has 0 aliphatic rings. The van der Waals surface area contributed by atoms with Crippen molar-refractivity contribution in [3.63, 3.8) is 0 Å². The number of rotatable bonds is 2. The highest BCUT2D eigenvalue weighted by atomic mass is 127. The first-order chi connectivity index (χ1) is 5.36. The fourth-order valence-electron chi connectivity index (χ4n) is 0.914. The van der Waals surface area contributed by atoms with Gasteiger partial charge >= 0.3 is 0 Å². The first kappa shape index (κ1) is 8.54. The number of hydrogen-bond donors (Lipinski definition) is 0. The standard InChI is InChI=1S/C9H8IN/c10-7-9-3-1-2-8(6-9)4-5-11/h1-3,6H,4,7H2. The van der Waals surface area contributed by atoms with Crippen molar-refractivity contribution in [2.45, 2.75) is 10.8 Å². The second kappa shape index (κ2) is 4.35. The molecule has 1 nitrogen and oxygen atoms in total. The molecule has 0 heterocycles. The zero-order valence-corrected chi connectivity index (χ0v) is 8.21. The summed E-state index contributed by atoms with van der Waals surface area (Å²) in [5.41, 5.74) is 2.40. The van der Waals surface area contributed by atoms with Gasteiger partial charge in [0.05, 0.1) is 12.5 Å². The summed E-state index contributed by atoms with van der Waals surface area (Å²) in [6.45, 7) is 0. The summed E-state index contributed by atoms with van der Waals surface area (Å²) in [5.74, 6) is 0. The van der Waals surface area contributed by atoms with E-state index in [0.29, 0.717) is 6.42 Å². The summed E-state index contributed by atoms with van der Waals surface area (Å²) in [7, 11) is 0. The van der Waals surface area contributed by atoms with Gasteiger partial charge in [-0.2, -0.15) is 5.26 Å². The van der Waals surface area contributed by atoms with Gasteiger partial charge in [0.1, 0.15) is 0 Å². The third-order valence-electron chi connectivity index (χ3n) is 1.43. The number of alkyl halides is 1. The van der Waals surface area contributed by atoms with E-state index in [1.165, 1.54) is 5.56 Å². The molecule has 0 saturated heterocycles. The number of hydrogen-bond acceptors (Lipinski definition) is 1.